The second kappa shape index (κ2) is 7.24. The van der Waals surface area contributed by atoms with Gasteiger partial charge in [-0.1, -0.05) is 30.3 Å². The minimum absolute atomic E-state index is 0.0992. The highest BCUT2D eigenvalue weighted by atomic mass is 32.2. The van der Waals surface area contributed by atoms with Crippen LogP contribution in [0.3, 0.4) is 0 Å². The Bertz CT molecular complexity index is 468. The van der Waals surface area contributed by atoms with Gasteiger partial charge in [-0.15, -0.1) is 11.8 Å². The summed E-state index contributed by atoms with van der Waals surface area (Å²) in [7, 11) is 0. The molecular formula is C14H15NOS2. The normalized spacial score (nSPS) is 10.2. The molecule has 0 atom stereocenters. The molecule has 0 aliphatic carbocycles. The van der Waals surface area contributed by atoms with Gasteiger partial charge in [-0.25, -0.2) is 0 Å². The van der Waals surface area contributed by atoms with E-state index in [1.165, 1.54) is 11.1 Å². The molecule has 0 spiro atoms. The summed E-state index contributed by atoms with van der Waals surface area (Å²) < 4.78 is 0. The second-order valence-corrected chi connectivity index (χ2v) is 5.65. The molecule has 1 N–H and O–H groups in total. The molecule has 0 unspecified atom stereocenters. The third-order valence-electron chi connectivity index (χ3n) is 2.41. The number of benzene rings is 1. The zero-order valence-corrected chi connectivity index (χ0v) is 11.6. The Morgan fingerprint density at radius 3 is 2.72 bits per heavy atom. The van der Waals surface area contributed by atoms with Crippen molar-refractivity contribution in [2.24, 2.45) is 0 Å². The topological polar surface area (TPSA) is 29.1 Å². The van der Waals surface area contributed by atoms with Gasteiger partial charge in [-0.2, -0.15) is 11.3 Å². The van der Waals surface area contributed by atoms with E-state index in [2.05, 4.69) is 22.8 Å². The minimum atomic E-state index is 0.0992. The van der Waals surface area contributed by atoms with Gasteiger partial charge >= 0.3 is 0 Å². The van der Waals surface area contributed by atoms with E-state index in [0.717, 1.165) is 5.75 Å². The molecule has 0 radical (unpaired) electrons. The molecular weight excluding hydrogens is 262 g/mol. The maximum Gasteiger partial charge on any atom is 0.230 e. The fraction of sp³-hybridized carbons (Fsp3) is 0.214. The van der Waals surface area contributed by atoms with E-state index in [1.54, 1.807) is 23.1 Å². The Morgan fingerprint density at radius 1 is 1.17 bits per heavy atom. The molecule has 2 nitrogen and oxygen atoms in total. The molecule has 1 aromatic carbocycles. The number of thiophene rings is 1. The number of amides is 1. The summed E-state index contributed by atoms with van der Waals surface area (Å²) in [4.78, 5) is 11.6. The minimum Gasteiger partial charge on any atom is -0.351 e. The summed E-state index contributed by atoms with van der Waals surface area (Å²) in [6.45, 7) is 0.633. The maximum absolute atomic E-state index is 11.6. The lowest BCUT2D eigenvalue weighted by molar-refractivity contribution is -0.118. The van der Waals surface area contributed by atoms with Crippen molar-refractivity contribution >= 4 is 29.0 Å². The van der Waals surface area contributed by atoms with E-state index in [-0.39, 0.29) is 5.91 Å². The van der Waals surface area contributed by atoms with E-state index < -0.39 is 0 Å². The molecule has 0 aliphatic rings. The Morgan fingerprint density at radius 2 is 2.00 bits per heavy atom. The lowest BCUT2D eigenvalue weighted by atomic mass is 10.2. The number of carbonyl (C=O) groups is 1. The van der Waals surface area contributed by atoms with Gasteiger partial charge in [0.2, 0.25) is 5.91 Å². The van der Waals surface area contributed by atoms with E-state index in [9.17, 15) is 4.79 Å². The largest absolute Gasteiger partial charge is 0.351 e. The first kappa shape index (κ1) is 13.2. The van der Waals surface area contributed by atoms with Crippen molar-refractivity contribution in [2.45, 2.75) is 12.3 Å². The number of hydrogen-bond donors (Lipinski definition) is 1. The van der Waals surface area contributed by atoms with Crippen LogP contribution in [0.15, 0.2) is 47.2 Å². The molecule has 0 aliphatic heterocycles. The predicted molar refractivity (Wildman–Crippen MR) is 78.8 cm³/mol. The predicted octanol–water partition coefficient (Wildman–Crippen LogP) is 3.30. The summed E-state index contributed by atoms with van der Waals surface area (Å²) in [6.07, 6.45) is 0. The Hall–Kier alpha value is -1.26. The van der Waals surface area contributed by atoms with Gasteiger partial charge in [0.15, 0.2) is 0 Å². The summed E-state index contributed by atoms with van der Waals surface area (Å²) in [6, 6.07) is 12.2. The molecule has 1 amide bonds. The average Bonchev–Trinajstić information content (AvgIpc) is 2.91. The third kappa shape index (κ3) is 4.55. The molecule has 0 bridgehead atoms. The summed E-state index contributed by atoms with van der Waals surface area (Å²) in [5.74, 6) is 1.49. The number of thioether (sulfide) groups is 1. The quantitative estimate of drug-likeness (QED) is 0.878. The Kier molecular flexibility index (Phi) is 5.30. The fourth-order valence-corrected chi connectivity index (χ4v) is 2.97. The van der Waals surface area contributed by atoms with Crippen LogP contribution in [-0.2, 0) is 17.1 Å². The molecule has 0 fully saturated rings. The first-order valence-corrected chi connectivity index (χ1v) is 7.84. The van der Waals surface area contributed by atoms with E-state index >= 15 is 0 Å². The molecule has 0 saturated carbocycles. The zero-order valence-electron chi connectivity index (χ0n) is 9.96. The van der Waals surface area contributed by atoms with E-state index in [4.69, 9.17) is 0 Å². The summed E-state index contributed by atoms with van der Waals surface area (Å²) >= 11 is 3.29. The maximum atomic E-state index is 11.6. The lowest BCUT2D eigenvalue weighted by Crippen LogP contribution is -2.24. The monoisotopic (exact) mass is 277 g/mol. The van der Waals surface area contributed by atoms with Gasteiger partial charge in [0.1, 0.15) is 0 Å². The van der Waals surface area contributed by atoms with Crippen molar-refractivity contribution in [1.82, 2.24) is 5.32 Å². The molecule has 4 heteroatoms. The van der Waals surface area contributed by atoms with Crippen LogP contribution in [0.4, 0.5) is 0 Å². The van der Waals surface area contributed by atoms with Crippen LogP contribution < -0.4 is 5.32 Å². The van der Waals surface area contributed by atoms with Crippen LogP contribution in [-0.4, -0.2) is 11.7 Å². The number of nitrogens with one attached hydrogen (secondary N) is 1. The molecule has 2 rings (SSSR count). The van der Waals surface area contributed by atoms with Crippen LogP contribution in [0.1, 0.15) is 11.1 Å². The third-order valence-corrected chi connectivity index (χ3v) is 4.15. The van der Waals surface area contributed by atoms with Crippen molar-refractivity contribution in [1.29, 1.82) is 0 Å². The van der Waals surface area contributed by atoms with Gasteiger partial charge in [0.05, 0.1) is 5.75 Å². The van der Waals surface area contributed by atoms with E-state index in [1.807, 2.05) is 29.6 Å². The van der Waals surface area contributed by atoms with Crippen LogP contribution in [0.25, 0.3) is 0 Å². The number of rotatable bonds is 6. The van der Waals surface area contributed by atoms with Gasteiger partial charge in [-0.05, 0) is 28.0 Å². The molecule has 18 heavy (non-hydrogen) atoms. The van der Waals surface area contributed by atoms with Crippen molar-refractivity contribution in [3.8, 4) is 0 Å². The Balaban J connectivity index is 1.63. The van der Waals surface area contributed by atoms with Gasteiger partial charge < -0.3 is 5.32 Å². The number of hydrogen-bond acceptors (Lipinski definition) is 3. The van der Waals surface area contributed by atoms with Crippen molar-refractivity contribution in [3.05, 3.63) is 58.3 Å². The number of carbonyl (C=O) groups excluding carboxylic acids is 1. The van der Waals surface area contributed by atoms with Crippen LogP contribution >= 0.6 is 23.1 Å². The highest BCUT2D eigenvalue weighted by molar-refractivity contribution is 7.99. The van der Waals surface area contributed by atoms with Crippen LogP contribution in [0.5, 0.6) is 0 Å². The first-order chi connectivity index (χ1) is 8.84. The van der Waals surface area contributed by atoms with Crippen molar-refractivity contribution in [2.75, 3.05) is 5.75 Å². The lowest BCUT2D eigenvalue weighted by Gasteiger charge is -2.04. The van der Waals surface area contributed by atoms with Crippen molar-refractivity contribution < 1.29 is 4.79 Å². The Labute approximate surface area is 115 Å². The summed E-state index contributed by atoms with van der Waals surface area (Å²) in [5.41, 5.74) is 2.43. The average molecular weight is 277 g/mol. The molecule has 1 aromatic heterocycles. The first-order valence-electron chi connectivity index (χ1n) is 5.74. The van der Waals surface area contributed by atoms with Crippen molar-refractivity contribution in [3.63, 3.8) is 0 Å². The van der Waals surface area contributed by atoms with Crippen LogP contribution in [0, 0.1) is 0 Å². The SMILES string of the molecule is O=C(CSCc1ccccc1)NCc1ccsc1. The van der Waals surface area contributed by atoms with Gasteiger partial charge in [0.25, 0.3) is 0 Å². The van der Waals surface area contributed by atoms with Crippen LogP contribution in [0.2, 0.25) is 0 Å². The second-order valence-electron chi connectivity index (χ2n) is 3.89. The highest BCUT2D eigenvalue weighted by Crippen LogP contribution is 2.11. The highest BCUT2D eigenvalue weighted by Gasteiger charge is 2.02. The standard InChI is InChI=1S/C14H15NOS2/c16-14(15-8-13-6-7-17-10-13)11-18-9-12-4-2-1-3-5-12/h1-7,10H,8-9,11H2,(H,15,16). The zero-order chi connectivity index (χ0) is 12.6. The molecule has 94 valence electrons. The fourth-order valence-electron chi connectivity index (χ4n) is 1.48. The molecule has 0 saturated heterocycles. The molecule has 2 aromatic rings. The smallest absolute Gasteiger partial charge is 0.230 e. The molecule has 1 heterocycles. The van der Waals surface area contributed by atoms with E-state index in [0.29, 0.717) is 12.3 Å². The van der Waals surface area contributed by atoms with Gasteiger partial charge in [0, 0.05) is 12.3 Å². The van der Waals surface area contributed by atoms with Gasteiger partial charge in [-0.3, -0.25) is 4.79 Å². The summed E-state index contributed by atoms with van der Waals surface area (Å²) in [5, 5.41) is 6.99.